The fraction of sp³-hybridized carbons (Fsp3) is 0.364. The van der Waals surface area contributed by atoms with Crippen LogP contribution in [0.2, 0.25) is 0 Å². The standard InChI is InChI=1S/C22H24F4N4O.HI/c1-2-27-21(28-12-16-7-8-18(23)11-19(16)22(24,25)26)29-13-20(31)30-10-9-15-5-3-4-6-17(15)14-30;/h3-8,11H,2,9-10,12-14H2,1H3,(H2,27,28,29);1H. The van der Waals surface area contributed by atoms with Crippen molar-refractivity contribution in [3.63, 3.8) is 0 Å². The zero-order valence-corrected chi connectivity index (χ0v) is 19.8. The number of fused-ring (bicyclic) bond motifs is 1. The van der Waals surface area contributed by atoms with Crippen LogP contribution in [0.1, 0.15) is 29.2 Å². The molecule has 0 bridgehead atoms. The lowest BCUT2D eigenvalue weighted by atomic mass is 10.00. The zero-order valence-electron chi connectivity index (χ0n) is 17.5. The molecule has 0 aromatic heterocycles. The van der Waals surface area contributed by atoms with Crippen molar-refractivity contribution in [2.24, 2.45) is 4.99 Å². The molecule has 1 aliphatic rings. The Morgan fingerprint density at radius 2 is 1.84 bits per heavy atom. The molecule has 0 unspecified atom stereocenters. The van der Waals surface area contributed by atoms with Crippen LogP contribution in [0.25, 0.3) is 0 Å². The summed E-state index contributed by atoms with van der Waals surface area (Å²) in [6.45, 7) is 3.05. The largest absolute Gasteiger partial charge is 0.416 e. The fourth-order valence-corrected chi connectivity index (χ4v) is 3.44. The molecule has 1 amide bonds. The lowest BCUT2D eigenvalue weighted by Gasteiger charge is -2.29. The van der Waals surface area contributed by atoms with Crippen LogP contribution >= 0.6 is 24.0 Å². The summed E-state index contributed by atoms with van der Waals surface area (Å²) >= 11 is 0. The quantitative estimate of drug-likeness (QED) is 0.249. The van der Waals surface area contributed by atoms with Gasteiger partial charge < -0.3 is 15.5 Å². The lowest BCUT2D eigenvalue weighted by molar-refractivity contribution is -0.138. The highest BCUT2D eigenvalue weighted by Gasteiger charge is 2.33. The number of nitrogens with zero attached hydrogens (tertiary/aromatic N) is 2. The molecular formula is C22H25F4IN4O. The minimum atomic E-state index is -4.68. The Morgan fingerprint density at radius 1 is 1.12 bits per heavy atom. The Hall–Kier alpha value is -2.37. The second-order valence-corrected chi connectivity index (χ2v) is 7.18. The first-order valence-corrected chi connectivity index (χ1v) is 10.00. The number of nitrogens with one attached hydrogen (secondary N) is 2. The van der Waals surface area contributed by atoms with Crippen molar-refractivity contribution in [3.05, 3.63) is 70.5 Å². The lowest BCUT2D eigenvalue weighted by Crippen LogP contribution is -2.46. The SMILES string of the molecule is CCNC(=NCc1ccc(F)cc1C(F)(F)F)NCC(=O)N1CCc2ccccc2C1.I. The molecule has 0 fully saturated rings. The second kappa shape index (κ2) is 11.5. The number of rotatable bonds is 5. The third kappa shape index (κ3) is 6.81. The Bertz CT molecular complexity index is 965. The number of alkyl halides is 3. The van der Waals surface area contributed by atoms with Crippen molar-refractivity contribution in [2.45, 2.75) is 32.6 Å². The number of guanidine groups is 1. The predicted molar refractivity (Wildman–Crippen MR) is 125 cm³/mol. The monoisotopic (exact) mass is 564 g/mol. The molecule has 0 radical (unpaired) electrons. The smallest absolute Gasteiger partial charge is 0.357 e. The summed E-state index contributed by atoms with van der Waals surface area (Å²) in [6, 6.07) is 10.5. The molecule has 5 nitrogen and oxygen atoms in total. The number of carbonyl (C=O) groups is 1. The first kappa shape index (κ1) is 25.9. The topological polar surface area (TPSA) is 56.7 Å². The second-order valence-electron chi connectivity index (χ2n) is 7.18. The Morgan fingerprint density at radius 3 is 2.53 bits per heavy atom. The number of amides is 1. The van der Waals surface area contributed by atoms with Gasteiger partial charge in [-0.1, -0.05) is 30.3 Å². The van der Waals surface area contributed by atoms with E-state index in [1.54, 1.807) is 11.8 Å². The van der Waals surface area contributed by atoms with Crippen LogP contribution in [-0.4, -0.2) is 36.4 Å². The summed E-state index contributed by atoms with van der Waals surface area (Å²) in [6.07, 6.45) is -3.90. The van der Waals surface area contributed by atoms with Gasteiger partial charge >= 0.3 is 6.18 Å². The number of hydrogen-bond donors (Lipinski definition) is 2. The number of benzene rings is 2. The average molecular weight is 564 g/mol. The summed E-state index contributed by atoms with van der Waals surface area (Å²) in [5.41, 5.74) is 1.13. The molecule has 174 valence electrons. The molecule has 0 saturated carbocycles. The molecule has 10 heteroatoms. The highest BCUT2D eigenvalue weighted by Crippen LogP contribution is 2.32. The Labute approximate surface area is 201 Å². The van der Waals surface area contributed by atoms with Gasteiger partial charge in [0.1, 0.15) is 5.82 Å². The van der Waals surface area contributed by atoms with Gasteiger partial charge in [-0.3, -0.25) is 4.79 Å². The van der Waals surface area contributed by atoms with E-state index in [0.29, 0.717) is 25.7 Å². The van der Waals surface area contributed by atoms with E-state index < -0.39 is 17.6 Å². The molecular weight excluding hydrogens is 539 g/mol. The maximum Gasteiger partial charge on any atom is 0.416 e. The van der Waals surface area contributed by atoms with E-state index in [2.05, 4.69) is 21.7 Å². The molecule has 2 aromatic rings. The Balaban J connectivity index is 0.00000363. The van der Waals surface area contributed by atoms with Gasteiger partial charge in [0.15, 0.2) is 5.96 Å². The number of carbonyl (C=O) groups excluding carboxylic acids is 1. The molecule has 1 aliphatic heterocycles. The van der Waals surface area contributed by atoms with Gasteiger partial charge in [0.25, 0.3) is 0 Å². The summed E-state index contributed by atoms with van der Waals surface area (Å²) in [5, 5.41) is 5.78. The third-order valence-electron chi connectivity index (χ3n) is 5.02. The van der Waals surface area contributed by atoms with Crippen molar-refractivity contribution in [3.8, 4) is 0 Å². The zero-order chi connectivity index (χ0) is 22.4. The summed E-state index contributed by atoms with van der Waals surface area (Å²) in [7, 11) is 0. The van der Waals surface area contributed by atoms with Gasteiger partial charge in [0, 0.05) is 19.6 Å². The Kier molecular flexibility index (Phi) is 9.29. The van der Waals surface area contributed by atoms with Gasteiger partial charge in [-0.25, -0.2) is 9.38 Å². The van der Waals surface area contributed by atoms with Crippen LogP contribution in [-0.2, 0) is 30.5 Å². The van der Waals surface area contributed by atoms with Crippen LogP contribution in [0, 0.1) is 5.82 Å². The molecule has 1 heterocycles. The van der Waals surface area contributed by atoms with E-state index in [0.717, 1.165) is 24.1 Å². The van der Waals surface area contributed by atoms with Gasteiger partial charge in [0.2, 0.25) is 5.91 Å². The van der Waals surface area contributed by atoms with Crippen molar-refractivity contribution < 1.29 is 22.4 Å². The predicted octanol–water partition coefficient (Wildman–Crippen LogP) is 4.10. The third-order valence-corrected chi connectivity index (χ3v) is 5.02. The van der Waals surface area contributed by atoms with E-state index in [4.69, 9.17) is 0 Å². The van der Waals surface area contributed by atoms with Crippen molar-refractivity contribution in [1.29, 1.82) is 0 Å². The molecule has 3 rings (SSSR count). The molecule has 0 atom stereocenters. The molecule has 0 aliphatic carbocycles. The average Bonchev–Trinajstić information content (AvgIpc) is 2.75. The normalized spacial score (nSPS) is 13.8. The molecule has 0 spiro atoms. The maximum atomic E-state index is 13.3. The summed E-state index contributed by atoms with van der Waals surface area (Å²) in [5.74, 6) is -0.873. The first-order valence-electron chi connectivity index (χ1n) is 10.00. The highest BCUT2D eigenvalue weighted by molar-refractivity contribution is 14.0. The summed E-state index contributed by atoms with van der Waals surface area (Å²) in [4.78, 5) is 18.5. The minimum absolute atomic E-state index is 0. The highest BCUT2D eigenvalue weighted by atomic mass is 127. The maximum absolute atomic E-state index is 13.3. The van der Waals surface area contributed by atoms with E-state index >= 15 is 0 Å². The van der Waals surface area contributed by atoms with Gasteiger partial charge in [-0.15, -0.1) is 24.0 Å². The van der Waals surface area contributed by atoms with Crippen LogP contribution in [0.3, 0.4) is 0 Å². The van der Waals surface area contributed by atoms with Gasteiger partial charge in [-0.05, 0) is 42.2 Å². The van der Waals surface area contributed by atoms with Crippen LogP contribution in [0.15, 0.2) is 47.5 Å². The number of hydrogen-bond acceptors (Lipinski definition) is 2. The van der Waals surface area contributed by atoms with Crippen LogP contribution in [0.4, 0.5) is 17.6 Å². The van der Waals surface area contributed by atoms with E-state index in [-0.39, 0.29) is 54.5 Å². The van der Waals surface area contributed by atoms with E-state index in [9.17, 15) is 22.4 Å². The van der Waals surface area contributed by atoms with Crippen molar-refractivity contribution >= 4 is 35.8 Å². The first-order chi connectivity index (χ1) is 14.8. The number of aliphatic imine (C=N–C) groups is 1. The molecule has 2 aromatic carbocycles. The molecule has 32 heavy (non-hydrogen) atoms. The number of halogens is 5. The van der Waals surface area contributed by atoms with Gasteiger partial charge in [0.05, 0.1) is 18.7 Å². The fourth-order valence-electron chi connectivity index (χ4n) is 3.44. The van der Waals surface area contributed by atoms with E-state index in [1.165, 1.54) is 5.56 Å². The van der Waals surface area contributed by atoms with Crippen molar-refractivity contribution in [1.82, 2.24) is 15.5 Å². The van der Waals surface area contributed by atoms with Crippen LogP contribution < -0.4 is 10.6 Å². The van der Waals surface area contributed by atoms with E-state index in [1.807, 2.05) is 18.2 Å². The van der Waals surface area contributed by atoms with Crippen molar-refractivity contribution in [2.75, 3.05) is 19.6 Å². The molecule has 2 N–H and O–H groups in total. The van der Waals surface area contributed by atoms with Gasteiger partial charge in [-0.2, -0.15) is 13.2 Å². The molecule has 0 saturated heterocycles. The summed E-state index contributed by atoms with van der Waals surface area (Å²) < 4.78 is 52.8. The van der Waals surface area contributed by atoms with Crippen LogP contribution in [0.5, 0.6) is 0 Å². The minimum Gasteiger partial charge on any atom is -0.357 e.